The second-order valence-corrected chi connectivity index (χ2v) is 11.9. The number of hydrogen-bond donors (Lipinski definition) is 4. The molecule has 4 rings (SSSR count). The molecule has 0 saturated heterocycles. The van der Waals surface area contributed by atoms with Crippen molar-refractivity contribution < 1.29 is 49.4 Å². The molecule has 0 bridgehead atoms. The third-order valence-electron chi connectivity index (χ3n) is 7.14. The van der Waals surface area contributed by atoms with Crippen LogP contribution in [-0.2, 0) is 23.7 Å². The molecule has 0 aliphatic carbocycles. The maximum absolute atomic E-state index is 15.0. The van der Waals surface area contributed by atoms with Gasteiger partial charge < -0.3 is 21.1 Å². The van der Waals surface area contributed by atoms with Gasteiger partial charge in [0, 0.05) is 28.3 Å². The molecule has 0 aromatic heterocycles. The number of thiol groups is 1. The summed E-state index contributed by atoms with van der Waals surface area (Å²) in [4.78, 5) is 22.1. The molecule has 0 aliphatic rings. The summed E-state index contributed by atoms with van der Waals surface area (Å²) in [7, 11) is 1.28. The van der Waals surface area contributed by atoms with E-state index < -0.39 is 41.0 Å². The number of carbonyl (C=O) groups excluding carboxylic acids is 2. The van der Waals surface area contributed by atoms with Gasteiger partial charge in [0.05, 0.1) is 23.8 Å². The van der Waals surface area contributed by atoms with Crippen molar-refractivity contribution in [3.05, 3.63) is 118 Å². The number of hydrogen-bond acceptors (Lipinski definition) is 5. The number of halogens is 8. The second-order valence-electron chi connectivity index (χ2n) is 11.4. The largest absolute Gasteiger partial charge is 0.496 e. The van der Waals surface area contributed by atoms with Crippen LogP contribution in [0.3, 0.4) is 0 Å². The first-order chi connectivity index (χ1) is 23.9. The summed E-state index contributed by atoms with van der Waals surface area (Å²) >= 11 is 4.15. The van der Waals surface area contributed by atoms with Crippen LogP contribution in [0.4, 0.5) is 35.1 Å². The van der Waals surface area contributed by atoms with E-state index in [1.807, 2.05) is 13.8 Å². The van der Waals surface area contributed by atoms with Crippen LogP contribution in [-0.4, -0.2) is 26.0 Å². The molecule has 0 unspecified atom stereocenters. The van der Waals surface area contributed by atoms with Gasteiger partial charge in [-0.15, -0.1) is 12.6 Å². The minimum absolute atomic E-state index is 0.0467. The van der Waals surface area contributed by atoms with E-state index in [0.29, 0.717) is 42.3 Å². The van der Waals surface area contributed by atoms with E-state index in [4.69, 9.17) is 9.53 Å². The van der Waals surface area contributed by atoms with E-state index in [1.54, 1.807) is 12.1 Å². The number of rotatable bonds is 10. The molecule has 51 heavy (non-hydrogen) atoms. The van der Waals surface area contributed by atoms with Crippen LogP contribution in [0.2, 0.25) is 0 Å². The molecular formula is C36H33F8N3O3S. The van der Waals surface area contributed by atoms with Crippen LogP contribution >= 0.6 is 12.6 Å². The monoisotopic (exact) mass is 739 g/mol. The van der Waals surface area contributed by atoms with Gasteiger partial charge in [-0.2, -0.15) is 26.3 Å². The van der Waals surface area contributed by atoms with Crippen molar-refractivity contribution in [3.63, 3.8) is 0 Å². The summed E-state index contributed by atoms with van der Waals surface area (Å²) in [5.41, 5.74) is 2.10. The fourth-order valence-electron chi connectivity index (χ4n) is 4.78. The highest BCUT2D eigenvalue weighted by Crippen LogP contribution is 2.36. The van der Waals surface area contributed by atoms with E-state index in [-0.39, 0.29) is 45.0 Å². The van der Waals surface area contributed by atoms with Crippen LogP contribution < -0.4 is 21.1 Å². The predicted octanol–water partition coefficient (Wildman–Crippen LogP) is 8.74. The van der Waals surface area contributed by atoms with Gasteiger partial charge in [-0.1, -0.05) is 38.1 Å². The normalized spacial score (nSPS) is 11.9. The molecule has 0 radical (unpaired) electrons. The Morgan fingerprint density at radius 1 is 0.882 bits per heavy atom. The number of carbonyl (C=O) groups is 2. The van der Waals surface area contributed by atoms with Gasteiger partial charge in [-0.3, -0.25) is 9.59 Å². The predicted molar refractivity (Wildman–Crippen MR) is 181 cm³/mol. The first-order valence-corrected chi connectivity index (χ1v) is 15.5. The minimum atomic E-state index is -5.05. The summed E-state index contributed by atoms with van der Waals surface area (Å²) in [6.45, 7) is 5.28. The van der Waals surface area contributed by atoms with Crippen molar-refractivity contribution in [2.24, 2.45) is 11.7 Å². The molecule has 272 valence electrons. The molecule has 4 N–H and O–H groups in total. The zero-order chi connectivity index (χ0) is 38.1. The summed E-state index contributed by atoms with van der Waals surface area (Å²) in [5, 5.41) is 5.79. The van der Waals surface area contributed by atoms with Crippen LogP contribution in [0.1, 0.15) is 52.0 Å². The Morgan fingerprint density at radius 3 is 2.14 bits per heavy atom. The van der Waals surface area contributed by atoms with Gasteiger partial charge >= 0.3 is 12.4 Å². The molecule has 0 saturated carbocycles. The first-order valence-electron chi connectivity index (χ1n) is 15.0. The van der Waals surface area contributed by atoms with Crippen molar-refractivity contribution in [3.8, 4) is 16.9 Å². The van der Waals surface area contributed by atoms with Crippen molar-refractivity contribution in [1.82, 2.24) is 10.6 Å². The van der Waals surface area contributed by atoms with E-state index in [2.05, 4.69) is 29.0 Å². The molecule has 0 spiro atoms. The highest BCUT2D eigenvalue weighted by molar-refractivity contribution is 7.80. The van der Waals surface area contributed by atoms with Crippen molar-refractivity contribution >= 4 is 36.7 Å². The fourth-order valence-corrected chi connectivity index (χ4v) is 5.12. The van der Waals surface area contributed by atoms with E-state index in [0.717, 1.165) is 30.3 Å². The number of alkyl halides is 6. The van der Waals surface area contributed by atoms with Gasteiger partial charge in [0.25, 0.3) is 5.91 Å². The molecular weight excluding hydrogens is 706 g/mol. The Kier molecular flexibility index (Phi) is 13.8. The van der Waals surface area contributed by atoms with E-state index in [1.165, 1.54) is 31.4 Å². The Hall–Kier alpha value is -4.89. The molecule has 15 heteroatoms. The zero-order valence-corrected chi connectivity index (χ0v) is 28.2. The van der Waals surface area contributed by atoms with Crippen LogP contribution in [0.15, 0.2) is 77.7 Å². The number of methoxy groups -OCH3 is 1. The third-order valence-corrected chi connectivity index (χ3v) is 7.51. The first kappa shape index (κ1) is 40.5. The third kappa shape index (κ3) is 11.0. The molecule has 0 fully saturated rings. The number of nitrogens with two attached hydrogens (primary N) is 1. The lowest BCUT2D eigenvalue weighted by atomic mass is 9.99. The topological polar surface area (TPSA) is 93.4 Å². The average molecular weight is 740 g/mol. The Labute approximate surface area is 294 Å². The summed E-state index contributed by atoms with van der Waals surface area (Å²) in [6.07, 6.45) is -8.49. The molecule has 0 aliphatic heterocycles. The Balaban J connectivity index is 0.00000226. The smallest absolute Gasteiger partial charge is 0.419 e. The van der Waals surface area contributed by atoms with Gasteiger partial charge in [0.15, 0.2) is 0 Å². The number of primary amides is 1. The van der Waals surface area contributed by atoms with Crippen molar-refractivity contribution in [1.29, 1.82) is 0 Å². The Bertz CT molecular complexity index is 1890. The van der Waals surface area contributed by atoms with Gasteiger partial charge in [0.1, 0.15) is 17.4 Å². The molecule has 4 aromatic carbocycles. The summed E-state index contributed by atoms with van der Waals surface area (Å²) in [6, 6.07) is 13.3. The molecule has 6 nitrogen and oxygen atoms in total. The van der Waals surface area contributed by atoms with Crippen LogP contribution in [0, 0.1) is 17.6 Å². The molecule has 4 aromatic rings. The molecule has 2 amide bonds. The average Bonchev–Trinajstić information content (AvgIpc) is 3.05. The fraction of sp³-hybridized carbons (Fsp3) is 0.222. The highest BCUT2D eigenvalue weighted by atomic mass is 32.1. The van der Waals surface area contributed by atoms with Gasteiger partial charge in [-0.05, 0) is 83.8 Å². The van der Waals surface area contributed by atoms with Crippen molar-refractivity contribution in [2.45, 2.75) is 37.6 Å². The second kappa shape index (κ2) is 17.4. The van der Waals surface area contributed by atoms with Gasteiger partial charge in [-0.25, -0.2) is 8.78 Å². The highest BCUT2D eigenvalue weighted by Gasteiger charge is 2.34. The SMILES string of the molecule is COc1ccc(-c2cc(CNCC(C)C)ccc2F)cc1C(=O)N/C(=C\c1ccc(F)c(C(F)(F)F)c1)c1ccc(C(F)(F)F)cc1S.NC=O. The van der Waals surface area contributed by atoms with E-state index in [9.17, 15) is 35.5 Å². The summed E-state index contributed by atoms with van der Waals surface area (Å²) < 4.78 is 115. The molecule has 0 heterocycles. The van der Waals surface area contributed by atoms with Crippen LogP contribution in [0.25, 0.3) is 22.9 Å². The minimum Gasteiger partial charge on any atom is -0.496 e. The maximum atomic E-state index is 15.0. The van der Waals surface area contributed by atoms with Crippen LogP contribution in [0.5, 0.6) is 5.75 Å². The van der Waals surface area contributed by atoms with Crippen molar-refractivity contribution in [2.75, 3.05) is 13.7 Å². The lowest BCUT2D eigenvalue weighted by Crippen LogP contribution is -2.23. The number of nitrogens with one attached hydrogen (secondary N) is 2. The number of benzene rings is 4. The standard InChI is InChI=1S/C35H30F8N2O2S.CH3NO/c1-19(2)17-44-18-21-5-9-28(36)25(12-21)22-6-11-31(47-3)26(15-22)33(46)45-30(24-8-7-23(16-32(24)48)34(38,39)40)14-20-4-10-29(37)27(13-20)35(41,42)43;2-1-3/h4-16,19,44,48H,17-18H2,1-3H3,(H,45,46);1H,(H2,2,3)/b30-14-;. The summed E-state index contributed by atoms with van der Waals surface area (Å²) in [5.74, 6) is -2.56. The number of amides is 2. The lowest BCUT2D eigenvalue weighted by Gasteiger charge is -2.17. The maximum Gasteiger partial charge on any atom is 0.419 e. The van der Waals surface area contributed by atoms with Gasteiger partial charge in [0.2, 0.25) is 6.41 Å². The zero-order valence-electron chi connectivity index (χ0n) is 27.3. The number of ether oxygens (including phenoxy) is 1. The quantitative estimate of drug-likeness (QED) is 0.0567. The lowest BCUT2D eigenvalue weighted by molar-refractivity contribution is -0.140. The van der Waals surface area contributed by atoms with E-state index >= 15 is 4.39 Å². The Morgan fingerprint density at radius 2 is 1.55 bits per heavy atom. The molecule has 0 atom stereocenters.